The fourth-order valence-electron chi connectivity index (χ4n) is 5.64. The van der Waals surface area contributed by atoms with E-state index in [-0.39, 0.29) is 5.91 Å². The molecule has 0 aromatic heterocycles. The summed E-state index contributed by atoms with van der Waals surface area (Å²) in [6, 6.07) is 15.7. The van der Waals surface area contributed by atoms with Gasteiger partial charge in [0.2, 0.25) is 5.91 Å². The molecule has 1 saturated heterocycles. The van der Waals surface area contributed by atoms with Crippen LogP contribution in [0.3, 0.4) is 0 Å². The number of amides is 1. The maximum atomic E-state index is 12.5. The van der Waals surface area contributed by atoms with E-state index in [4.69, 9.17) is 4.74 Å². The molecule has 1 N–H and O–H groups in total. The molecule has 33 heavy (non-hydrogen) atoms. The summed E-state index contributed by atoms with van der Waals surface area (Å²) in [5, 5.41) is 3.00. The molecule has 2 aromatic rings. The Morgan fingerprint density at radius 3 is 2.33 bits per heavy atom. The van der Waals surface area contributed by atoms with Crippen LogP contribution in [-0.2, 0) is 17.6 Å². The second-order valence-corrected chi connectivity index (χ2v) is 9.98. The number of fused-ring (bicyclic) bond motifs is 1. The Bertz CT molecular complexity index is 946. The van der Waals surface area contributed by atoms with Crippen LogP contribution in [0.25, 0.3) is 0 Å². The standard InChI is InChI=1S/C28H37N3O2/c1-33-27-9-7-25(8-10-27)29-28(32)20-30-15-11-22(12-16-30)23-6-5-21-13-17-31(26-3-2-4-26)18-14-24(21)19-23/h5-10,19,22,26H,2-4,11-18,20H2,1H3,(H,29,32). The Morgan fingerprint density at radius 2 is 1.67 bits per heavy atom. The van der Waals surface area contributed by atoms with Crippen LogP contribution in [0.2, 0.25) is 0 Å². The van der Waals surface area contributed by atoms with Crippen molar-refractivity contribution in [2.24, 2.45) is 0 Å². The summed E-state index contributed by atoms with van der Waals surface area (Å²) in [7, 11) is 1.65. The predicted molar refractivity (Wildman–Crippen MR) is 133 cm³/mol. The molecule has 2 aromatic carbocycles. The Morgan fingerprint density at radius 1 is 0.939 bits per heavy atom. The fourth-order valence-corrected chi connectivity index (χ4v) is 5.64. The van der Waals surface area contributed by atoms with Crippen LogP contribution in [0.15, 0.2) is 42.5 Å². The number of benzene rings is 2. The Kier molecular flexibility index (Phi) is 6.98. The lowest BCUT2D eigenvalue weighted by atomic mass is 9.87. The number of nitrogens with zero attached hydrogens (tertiary/aromatic N) is 2. The summed E-state index contributed by atoms with van der Waals surface area (Å²) in [4.78, 5) is 17.5. The maximum absolute atomic E-state index is 12.5. The highest BCUT2D eigenvalue weighted by Gasteiger charge is 2.27. The van der Waals surface area contributed by atoms with Crippen LogP contribution < -0.4 is 10.1 Å². The first-order valence-corrected chi connectivity index (χ1v) is 12.7. The third-order valence-electron chi connectivity index (χ3n) is 7.96. The molecule has 0 bridgehead atoms. The minimum absolute atomic E-state index is 0.0552. The number of methoxy groups -OCH3 is 1. The van der Waals surface area contributed by atoms with Gasteiger partial charge in [0.15, 0.2) is 0 Å². The first-order valence-electron chi connectivity index (χ1n) is 12.7. The van der Waals surface area contributed by atoms with Crippen molar-refractivity contribution >= 4 is 11.6 Å². The van der Waals surface area contributed by atoms with E-state index in [1.165, 1.54) is 50.8 Å². The van der Waals surface area contributed by atoms with Crippen molar-refractivity contribution in [2.75, 3.05) is 45.2 Å². The van der Waals surface area contributed by atoms with Crippen molar-refractivity contribution in [3.8, 4) is 5.75 Å². The monoisotopic (exact) mass is 447 g/mol. The van der Waals surface area contributed by atoms with Gasteiger partial charge in [-0.15, -0.1) is 0 Å². The first kappa shape index (κ1) is 22.4. The third kappa shape index (κ3) is 5.42. The zero-order valence-corrected chi connectivity index (χ0v) is 19.9. The largest absolute Gasteiger partial charge is 0.497 e. The number of carbonyl (C=O) groups is 1. The van der Waals surface area contributed by atoms with Crippen LogP contribution in [0.1, 0.15) is 54.7 Å². The van der Waals surface area contributed by atoms with E-state index in [1.807, 2.05) is 24.3 Å². The van der Waals surface area contributed by atoms with Gasteiger partial charge in [-0.3, -0.25) is 14.6 Å². The summed E-state index contributed by atoms with van der Waals surface area (Å²) in [6.07, 6.45) is 8.88. The normalized spacial score (nSPS) is 20.5. The van der Waals surface area contributed by atoms with Crippen molar-refractivity contribution in [1.29, 1.82) is 0 Å². The Balaban J connectivity index is 1.11. The van der Waals surface area contributed by atoms with E-state index in [2.05, 4.69) is 33.3 Å². The predicted octanol–water partition coefficient (Wildman–Crippen LogP) is 4.47. The summed E-state index contributed by atoms with van der Waals surface area (Å²) in [5.74, 6) is 1.46. The molecule has 3 aliphatic rings. The van der Waals surface area contributed by atoms with Crippen LogP contribution in [0.5, 0.6) is 5.75 Å². The highest BCUT2D eigenvalue weighted by Crippen LogP contribution is 2.32. The molecule has 1 saturated carbocycles. The fraction of sp³-hybridized carbons (Fsp3) is 0.536. The van der Waals surface area contributed by atoms with Gasteiger partial charge in [0, 0.05) is 24.8 Å². The van der Waals surface area contributed by atoms with Crippen molar-refractivity contribution in [3.63, 3.8) is 0 Å². The number of rotatable bonds is 6. The molecule has 1 amide bonds. The molecule has 176 valence electrons. The number of anilines is 1. The van der Waals surface area contributed by atoms with Crippen molar-refractivity contribution in [2.45, 2.75) is 56.9 Å². The SMILES string of the molecule is COc1ccc(NC(=O)CN2CCC(c3ccc4c(c3)CCN(C3CCC3)CC4)CC2)cc1. The van der Waals surface area contributed by atoms with E-state index >= 15 is 0 Å². The van der Waals surface area contributed by atoms with E-state index in [0.717, 1.165) is 43.4 Å². The quantitative estimate of drug-likeness (QED) is 0.710. The average Bonchev–Trinajstić information content (AvgIpc) is 3.01. The molecule has 5 rings (SSSR count). The molecule has 0 radical (unpaired) electrons. The summed E-state index contributed by atoms with van der Waals surface area (Å²) < 4.78 is 5.18. The van der Waals surface area contributed by atoms with Gasteiger partial charge < -0.3 is 10.1 Å². The van der Waals surface area contributed by atoms with Gasteiger partial charge in [-0.2, -0.15) is 0 Å². The number of likely N-dealkylation sites (tertiary alicyclic amines) is 1. The number of nitrogens with one attached hydrogen (secondary N) is 1. The number of piperidine rings is 1. The topological polar surface area (TPSA) is 44.8 Å². The van der Waals surface area contributed by atoms with Crippen LogP contribution in [0.4, 0.5) is 5.69 Å². The van der Waals surface area contributed by atoms with Gasteiger partial charge in [0.1, 0.15) is 5.75 Å². The van der Waals surface area contributed by atoms with E-state index < -0.39 is 0 Å². The minimum Gasteiger partial charge on any atom is -0.497 e. The van der Waals surface area contributed by atoms with E-state index in [9.17, 15) is 4.79 Å². The molecule has 2 fully saturated rings. The molecule has 5 nitrogen and oxygen atoms in total. The lowest BCUT2D eigenvalue weighted by Crippen LogP contribution is -2.41. The second kappa shape index (κ2) is 10.3. The molecule has 0 unspecified atom stereocenters. The summed E-state index contributed by atoms with van der Waals surface area (Å²) in [5.41, 5.74) is 5.47. The van der Waals surface area contributed by atoms with Gasteiger partial charge in [-0.25, -0.2) is 0 Å². The van der Waals surface area contributed by atoms with Crippen molar-refractivity contribution in [3.05, 3.63) is 59.2 Å². The minimum atomic E-state index is 0.0552. The molecular weight excluding hydrogens is 410 g/mol. The number of hydrogen-bond acceptors (Lipinski definition) is 4. The lowest BCUT2D eigenvalue weighted by Gasteiger charge is -2.36. The highest BCUT2D eigenvalue weighted by molar-refractivity contribution is 5.92. The lowest BCUT2D eigenvalue weighted by molar-refractivity contribution is -0.117. The second-order valence-electron chi connectivity index (χ2n) is 9.98. The van der Waals surface area contributed by atoms with E-state index in [1.54, 1.807) is 18.2 Å². The number of hydrogen-bond donors (Lipinski definition) is 1. The molecule has 2 aliphatic heterocycles. The zero-order chi connectivity index (χ0) is 22.6. The molecule has 2 heterocycles. The summed E-state index contributed by atoms with van der Waals surface area (Å²) >= 11 is 0. The zero-order valence-electron chi connectivity index (χ0n) is 19.9. The van der Waals surface area contributed by atoms with Crippen LogP contribution in [0, 0.1) is 0 Å². The molecule has 5 heteroatoms. The van der Waals surface area contributed by atoms with Gasteiger partial charge in [-0.05, 0) is 98.5 Å². The Labute approximate surface area is 198 Å². The maximum Gasteiger partial charge on any atom is 0.238 e. The van der Waals surface area contributed by atoms with Crippen molar-refractivity contribution in [1.82, 2.24) is 9.80 Å². The smallest absolute Gasteiger partial charge is 0.238 e. The van der Waals surface area contributed by atoms with Gasteiger partial charge in [-0.1, -0.05) is 24.6 Å². The molecule has 0 spiro atoms. The van der Waals surface area contributed by atoms with Gasteiger partial charge in [0.05, 0.1) is 13.7 Å². The molecular formula is C28H37N3O2. The van der Waals surface area contributed by atoms with Gasteiger partial charge >= 0.3 is 0 Å². The molecule has 0 atom stereocenters. The summed E-state index contributed by atoms with van der Waals surface area (Å²) in [6.45, 7) is 4.87. The average molecular weight is 448 g/mol. The van der Waals surface area contributed by atoms with Crippen LogP contribution in [-0.4, -0.2) is 61.6 Å². The van der Waals surface area contributed by atoms with E-state index in [0.29, 0.717) is 12.5 Å². The highest BCUT2D eigenvalue weighted by atomic mass is 16.5. The first-order chi connectivity index (χ1) is 16.2. The Hall–Kier alpha value is -2.37. The third-order valence-corrected chi connectivity index (χ3v) is 7.96. The number of ether oxygens (including phenoxy) is 1. The van der Waals surface area contributed by atoms with Gasteiger partial charge in [0.25, 0.3) is 0 Å². The molecule has 1 aliphatic carbocycles. The number of carbonyl (C=O) groups excluding carboxylic acids is 1. The van der Waals surface area contributed by atoms with Crippen molar-refractivity contribution < 1.29 is 9.53 Å². The van der Waals surface area contributed by atoms with Crippen LogP contribution >= 0.6 is 0 Å².